The average molecular weight is 1410 g/mol. The van der Waals surface area contributed by atoms with Gasteiger partial charge in [-0.3, -0.25) is 28.8 Å². The van der Waals surface area contributed by atoms with Crippen LogP contribution >= 0.6 is 10.7 Å². The zero-order valence-electron chi connectivity index (χ0n) is 51.7. The first-order chi connectivity index (χ1) is 43.4. The molecule has 0 radical (unpaired) electrons. The summed E-state index contributed by atoms with van der Waals surface area (Å²) in [6.07, 6.45) is -0.636. The van der Waals surface area contributed by atoms with Crippen LogP contribution in [0.4, 0.5) is 4.79 Å². The van der Waals surface area contributed by atoms with Crippen molar-refractivity contribution in [3.8, 4) is 0 Å². The molecule has 0 aromatic heterocycles. The first kappa shape index (κ1) is 86.1. The number of hydroxylamine groups is 4. The summed E-state index contributed by atoms with van der Waals surface area (Å²) in [6.45, 7) is 14.4. The highest BCUT2D eigenvalue weighted by molar-refractivity contribution is 8.13. The maximum Gasteiger partial charge on any atom is 0.432 e. The number of aryl methyl sites for hydroxylation is 4. The minimum absolute atomic E-state index is 0. The van der Waals surface area contributed by atoms with Crippen molar-refractivity contribution in [1.29, 1.82) is 0 Å². The number of rotatable bonds is 31. The van der Waals surface area contributed by atoms with Crippen molar-refractivity contribution in [1.82, 2.24) is 34.9 Å². The molecule has 31 nitrogen and oxygen atoms in total. The predicted molar refractivity (Wildman–Crippen MR) is 343 cm³/mol. The molecule has 522 valence electrons. The molecule has 11 N–H and O–H groups in total. The van der Waals surface area contributed by atoms with E-state index in [1.54, 1.807) is 72.8 Å². The largest absolute Gasteiger partial charge is 0.432 e. The number of imide groups is 2. The molecule has 2 saturated heterocycles. The van der Waals surface area contributed by atoms with Crippen molar-refractivity contribution in [2.45, 2.75) is 87.3 Å². The summed E-state index contributed by atoms with van der Waals surface area (Å²) in [6, 6.07) is 26.1. The number of nitrogens with one attached hydrogen (secondary N) is 5. The van der Waals surface area contributed by atoms with Crippen LogP contribution in [0.2, 0.25) is 0 Å². The Morgan fingerprint density at radius 3 is 1.01 bits per heavy atom. The third-order valence-electron chi connectivity index (χ3n) is 11.2. The topological polar surface area (TPSA) is 456 Å². The number of nitrogens with two attached hydrogens (primary N) is 3. The van der Waals surface area contributed by atoms with Crippen LogP contribution < -0.4 is 42.0 Å². The molecular weight excluding hydrogens is 1320 g/mol. The fourth-order valence-corrected chi connectivity index (χ4v) is 10.3. The van der Waals surface area contributed by atoms with Gasteiger partial charge in [0.15, 0.2) is 0 Å². The first-order valence-electron chi connectivity index (χ1n) is 28.1. The highest BCUT2D eigenvalue weighted by atomic mass is 35.7. The number of carbonyl (C=O) groups is 7. The van der Waals surface area contributed by atoms with Crippen LogP contribution in [0.25, 0.3) is 0 Å². The molecule has 93 heavy (non-hydrogen) atoms. The van der Waals surface area contributed by atoms with Gasteiger partial charge in [-0.05, 0) is 76.2 Å². The molecule has 2 fully saturated rings. The molecule has 36 heteroatoms. The Morgan fingerprint density at radius 1 is 0.452 bits per heavy atom. The Kier molecular flexibility index (Phi) is 43.5. The van der Waals surface area contributed by atoms with Crippen LogP contribution in [-0.4, -0.2) is 191 Å². The van der Waals surface area contributed by atoms with E-state index < -0.39 is 68.8 Å². The van der Waals surface area contributed by atoms with Crippen molar-refractivity contribution < 1.29 is 95.9 Å². The lowest BCUT2D eigenvalue weighted by Gasteiger charge is -2.13. The van der Waals surface area contributed by atoms with E-state index >= 15 is 0 Å². The molecule has 4 aromatic rings. The maximum absolute atomic E-state index is 12.0. The lowest BCUT2D eigenvalue weighted by Crippen LogP contribution is -2.38. The van der Waals surface area contributed by atoms with Crippen LogP contribution in [0.1, 0.15) is 62.3 Å². The van der Waals surface area contributed by atoms with Crippen LogP contribution in [-0.2, 0) is 96.5 Å². The molecule has 2 aliphatic rings. The summed E-state index contributed by atoms with van der Waals surface area (Å²) >= 11 is 0. The van der Waals surface area contributed by atoms with Crippen LogP contribution in [0.15, 0.2) is 117 Å². The van der Waals surface area contributed by atoms with E-state index in [-0.39, 0.29) is 111 Å². The van der Waals surface area contributed by atoms with Gasteiger partial charge in [0.05, 0.1) is 72.4 Å². The second-order valence-electron chi connectivity index (χ2n) is 18.9. The lowest BCUT2D eigenvalue weighted by atomic mass is 10.2. The standard InChI is InChI=1S/C16H21N3O7S.C13H20N2O4S.C11H18N2O3S.C7H7ClO2S.C5H5NO4.C4H12N2O.CH4/c1-12-2-4-13(5-3-12)27(23,24)18-9-11-25-10-8-17-16(22)26-19-14(20)6-7-15(19)21;1-11-3-5-13(6-4-11)20(17,18)15-8-10-19-9-7-14-12(2)16;1-10-2-4-11(5-3-10)17(14,15)13-7-9-16-8-6-12;1-6-2-4-7(5-3-6)11(8,9)10;7-3-10-6-4(8)1-2-5(6)9;5-1-3-7-4-2-6;/h2-5,18H,6-11H2,1H3,(H,17,22);3-6,15H,7-10H2,1-2H3,(H,14,16);2-5,13H,6-9,12H2,1H3;2-5H,1H3;3H,1-2H2;1-6H2;1H4. The van der Waals surface area contributed by atoms with Crippen LogP contribution in [0, 0.1) is 27.7 Å². The van der Waals surface area contributed by atoms with Gasteiger partial charge in [-0.1, -0.05) is 78.2 Å². The van der Waals surface area contributed by atoms with Crippen LogP contribution in [0.3, 0.4) is 0 Å². The molecule has 6 amide bonds. The van der Waals surface area contributed by atoms with Gasteiger partial charge in [0, 0.05) is 95.6 Å². The number of hydrogen-bond donors (Lipinski definition) is 8. The summed E-state index contributed by atoms with van der Waals surface area (Å²) in [5.41, 5.74) is 19.4. The molecular formula is C57H87ClN10O21S4. The number of sulfonamides is 3. The zero-order valence-corrected chi connectivity index (χ0v) is 55.7. The Hall–Kier alpha value is -6.94. The third kappa shape index (κ3) is 38.1. The highest BCUT2D eigenvalue weighted by Gasteiger charge is 2.33. The normalized spacial score (nSPS) is 12.7. The summed E-state index contributed by atoms with van der Waals surface area (Å²) in [4.78, 5) is 85.0. The maximum atomic E-state index is 12.0. The summed E-state index contributed by atoms with van der Waals surface area (Å²) < 4.78 is 121. The monoisotopic (exact) mass is 1410 g/mol. The fourth-order valence-electron chi connectivity index (χ4n) is 6.52. The molecule has 4 aromatic carbocycles. The Bertz CT molecular complexity index is 3320. The molecule has 6 rings (SSSR count). The summed E-state index contributed by atoms with van der Waals surface area (Å²) in [5.74, 6) is -2.16. The molecule has 2 heterocycles. The van der Waals surface area contributed by atoms with Crippen molar-refractivity contribution in [2.75, 3.05) is 105 Å². The van der Waals surface area contributed by atoms with E-state index in [0.717, 1.165) is 22.3 Å². The molecule has 0 atom stereocenters. The van der Waals surface area contributed by atoms with Gasteiger partial charge < -0.3 is 56.5 Å². The van der Waals surface area contributed by atoms with Crippen molar-refractivity contribution in [2.24, 2.45) is 17.2 Å². The lowest BCUT2D eigenvalue weighted by molar-refractivity contribution is -0.188. The second-order valence-corrected chi connectivity index (χ2v) is 26.7. The van der Waals surface area contributed by atoms with Gasteiger partial charge in [-0.25, -0.2) is 52.6 Å². The van der Waals surface area contributed by atoms with Crippen molar-refractivity contribution in [3.63, 3.8) is 0 Å². The van der Waals surface area contributed by atoms with Gasteiger partial charge in [-0.15, -0.1) is 10.1 Å². The van der Waals surface area contributed by atoms with Gasteiger partial charge in [0.1, 0.15) is 0 Å². The molecule has 0 saturated carbocycles. The minimum Gasteiger partial charge on any atom is -0.379 e. The minimum atomic E-state index is -3.60. The second kappa shape index (κ2) is 47.0. The SMILES string of the molecule is C.CC(=O)NCCOCCNS(=O)(=O)c1ccc(C)cc1.Cc1ccc(S(=O)(=O)Cl)cc1.Cc1ccc(S(=O)(=O)NCCOCCN)cc1.Cc1ccc(S(=O)(=O)NCCOCCNC(=O)ON2C(=O)CCC2=O)cc1.NCCOCCN.O=CON1C(=O)CCC1=O. The molecule has 0 bridgehead atoms. The third-order valence-corrected chi connectivity index (χ3v) is 17.0. The van der Waals surface area contributed by atoms with E-state index in [2.05, 4.69) is 34.5 Å². The number of ether oxygens (including phenoxy) is 4. The smallest absolute Gasteiger partial charge is 0.379 e. The number of nitrogens with zero attached hydrogens (tertiary/aromatic N) is 2. The molecule has 0 unspecified atom stereocenters. The van der Waals surface area contributed by atoms with E-state index in [0.29, 0.717) is 69.3 Å². The Labute approximate surface area is 548 Å². The quantitative estimate of drug-likeness (QED) is 0.0153. The van der Waals surface area contributed by atoms with Crippen molar-refractivity contribution in [3.05, 3.63) is 119 Å². The summed E-state index contributed by atoms with van der Waals surface area (Å²) in [7, 11) is -8.97. The Balaban J connectivity index is 0.00000115. The first-order valence-corrected chi connectivity index (χ1v) is 34.8. The van der Waals surface area contributed by atoms with E-state index in [1.165, 1.54) is 31.2 Å². The zero-order chi connectivity index (χ0) is 69.2. The van der Waals surface area contributed by atoms with Gasteiger partial charge in [0.2, 0.25) is 36.0 Å². The van der Waals surface area contributed by atoms with E-state index in [1.807, 2.05) is 27.7 Å². The fraction of sp³-hybridized carbons (Fsp3) is 0.456. The number of benzene rings is 4. The molecule has 0 aliphatic carbocycles. The molecule has 2 aliphatic heterocycles. The number of carbonyl (C=O) groups excluding carboxylic acids is 7. The van der Waals surface area contributed by atoms with Crippen LogP contribution in [0.5, 0.6) is 0 Å². The van der Waals surface area contributed by atoms with E-state index in [4.69, 9.17) is 46.8 Å². The highest BCUT2D eigenvalue weighted by Crippen LogP contribution is 2.16. The Morgan fingerprint density at radius 2 is 0.720 bits per heavy atom. The molecule has 0 spiro atoms. The number of hydrogen-bond acceptors (Lipinski definition) is 24. The average Bonchev–Trinajstić information content (AvgIpc) is 2.01. The van der Waals surface area contributed by atoms with Crippen molar-refractivity contribution >= 4 is 91.9 Å². The summed E-state index contributed by atoms with van der Waals surface area (Å²) in [5, 5.41) is 5.82. The van der Waals surface area contributed by atoms with Gasteiger partial charge in [0.25, 0.3) is 32.7 Å². The van der Waals surface area contributed by atoms with E-state index in [9.17, 15) is 67.2 Å². The number of amides is 6. The predicted octanol–water partition coefficient (Wildman–Crippen LogP) is 1.46. The van der Waals surface area contributed by atoms with Gasteiger partial charge >= 0.3 is 12.6 Å². The number of halogens is 1. The van der Waals surface area contributed by atoms with Gasteiger partial charge in [-0.2, -0.15) is 0 Å².